The molecular weight excluding hydrogens is 382 g/mol. The maximum Gasteiger partial charge on any atom is 0.270 e. The quantitative estimate of drug-likeness (QED) is 0.685. The van der Waals surface area contributed by atoms with Crippen LogP contribution in [0.1, 0.15) is 22.5 Å². The predicted octanol–water partition coefficient (Wildman–Crippen LogP) is 0.704. The Bertz CT molecular complexity index is 1310. The van der Waals surface area contributed by atoms with Gasteiger partial charge in [0.05, 0.1) is 22.0 Å². The van der Waals surface area contributed by atoms with Crippen LogP contribution in [0.2, 0.25) is 0 Å². The number of aromatic amines is 1. The molecule has 1 N–H and O–H groups in total. The molecule has 1 aromatic carbocycles. The summed E-state index contributed by atoms with van der Waals surface area (Å²) in [5, 5.41) is 4.35. The van der Waals surface area contributed by atoms with Crippen LogP contribution in [0.25, 0.3) is 10.9 Å². The van der Waals surface area contributed by atoms with Gasteiger partial charge in [0.2, 0.25) is 10.0 Å². The fourth-order valence-electron chi connectivity index (χ4n) is 2.80. The first-order valence-electron chi connectivity index (χ1n) is 8.51. The van der Waals surface area contributed by atoms with Gasteiger partial charge in [-0.25, -0.2) is 22.4 Å². The van der Waals surface area contributed by atoms with Gasteiger partial charge in [0, 0.05) is 19.7 Å². The minimum atomic E-state index is -3.69. The van der Waals surface area contributed by atoms with Crippen LogP contribution in [0.3, 0.4) is 0 Å². The van der Waals surface area contributed by atoms with E-state index in [2.05, 4.69) is 15.1 Å². The average molecular weight is 403 g/mol. The minimum absolute atomic E-state index is 0.0330. The molecule has 10 heteroatoms. The van der Waals surface area contributed by atoms with Crippen LogP contribution in [0, 0.1) is 20.8 Å². The summed E-state index contributed by atoms with van der Waals surface area (Å²) in [6.07, 6.45) is 1.57. The highest BCUT2D eigenvalue weighted by molar-refractivity contribution is 7.89. The van der Waals surface area contributed by atoms with E-state index >= 15 is 0 Å². The van der Waals surface area contributed by atoms with Crippen molar-refractivity contribution in [1.82, 2.24) is 24.1 Å². The lowest BCUT2D eigenvalue weighted by Gasteiger charge is -2.14. The van der Waals surface area contributed by atoms with Gasteiger partial charge in [-0.15, -0.1) is 0 Å². The summed E-state index contributed by atoms with van der Waals surface area (Å²) in [5.41, 5.74) is 1.34. The van der Waals surface area contributed by atoms with Gasteiger partial charge in [0.25, 0.3) is 11.1 Å². The number of hydrogen-bond donors (Lipinski definition) is 1. The third-order valence-electron chi connectivity index (χ3n) is 4.65. The number of aromatic nitrogens is 4. The molecule has 0 bridgehead atoms. The normalized spacial score (nSPS) is 12.1. The number of rotatable bonds is 4. The van der Waals surface area contributed by atoms with E-state index in [1.54, 1.807) is 27.0 Å². The van der Waals surface area contributed by atoms with Crippen molar-refractivity contribution >= 4 is 20.9 Å². The van der Waals surface area contributed by atoms with Crippen molar-refractivity contribution in [3.63, 3.8) is 0 Å². The second-order valence-electron chi connectivity index (χ2n) is 6.85. The lowest BCUT2D eigenvalue weighted by Crippen LogP contribution is -2.28. The first kappa shape index (κ1) is 19.9. The zero-order chi connectivity index (χ0) is 20.8. The number of sulfonamides is 1. The summed E-state index contributed by atoms with van der Waals surface area (Å²) >= 11 is 0. The molecule has 0 spiro atoms. The maximum absolute atomic E-state index is 12.5. The summed E-state index contributed by atoms with van der Waals surface area (Å²) in [5.74, 6) is 0.215. The van der Waals surface area contributed by atoms with Crippen LogP contribution < -0.4 is 11.1 Å². The number of H-pyrrole nitrogens is 1. The molecular formula is C18H21N5O4S. The average Bonchev–Trinajstić information content (AvgIpc) is 2.62. The molecule has 28 heavy (non-hydrogen) atoms. The highest BCUT2D eigenvalue weighted by Gasteiger charge is 2.21. The second kappa shape index (κ2) is 6.95. The van der Waals surface area contributed by atoms with E-state index < -0.39 is 15.6 Å². The fraction of sp³-hybridized carbons (Fsp3) is 0.333. The number of aryl methyl sites for hydroxylation is 2. The molecule has 148 valence electrons. The van der Waals surface area contributed by atoms with Crippen LogP contribution in [0.5, 0.6) is 0 Å². The Morgan fingerprint density at radius 3 is 2.43 bits per heavy atom. The SMILES string of the molecule is Cc1cc2c(=O)[nH]c(Cn3ncc(C)c(C)c3=O)nc2cc1S(=O)(=O)N(C)C. The van der Waals surface area contributed by atoms with Gasteiger partial charge in [-0.3, -0.25) is 9.59 Å². The Hall–Kier alpha value is -2.85. The molecule has 0 saturated heterocycles. The van der Waals surface area contributed by atoms with E-state index in [9.17, 15) is 18.0 Å². The van der Waals surface area contributed by atoms with Gasteiger partial charge in [-0.05, 0) is 44.0 Å². The number of fused-ring (bicyclic) bond motifs is 1. The Labute approximate surface area is 161 Å². The molecule has 0 radical (unpaired) electrons. The van der Waals surface area contributed by atoms with E-state index in [0.29, 0.717) is 11.1 Å². The summed E-state index contributed by atoms with van der Waals surface area (Å²) in [6.45, 7) is 5.09. The molecule has 0 aliphatic carbocycles. The van der Waals surface area contributed by atoms with Crippen LogP contribution in [-0.2, 0) is 16.6 Å². The van der Waals surface area contributed by atoms with Gasteiger partial charge in [0.1, 0.15) is 12.4 Å². The number of benzene rings is 1. The molecule has 0 fully saturated rings. The van der Waals surface area contributed by atoms with Crippen molar-refractivity contribution in [2.75, 3.05) is 14.1 Å². The summed E-state index contributed by atoms with van der Waals surface area (Å²) in [7, 11) is -0.811. The predicted molar refractivity (Wildman–Crippen MR) is 105 cm³/mol. The van der Waals surface area contributed by atoms with Crippen LogP contribution >= 0.6 is 0 Å². The van der Waals surface area contributed by atoms with E-state index in [1.165, 1.54) is 30.9 Å². The number of nitrogens with one attached hydrogen (secondary N) is 1. The smallest absolute Gasteiger partial charge is 0.270 e. The Balaban J connectivity index is 2.17. The maximum atomic E-state index is 12.5. The first-order valence-corrected chi connectivity index (χ1v) is 9.95. The highest BCUT2D eigenvalue weighted by Crippen LogP contribution is 2.22. The summed E-state index contributed by atoms with van der Waals surface area (Å²) in [6, 6.07) is 2.89. The van der Waals surface area contributed by atoms with Crippen LogP contribution in [0.15, 0.2) is 32.8 Å². The standard InChI is InChI=1S/C18H21N5O4S/c1-10-6-13-14(7-15(10)28(26,27)22(4)5)20-16(21-17(13)24)9-23-18(25)12(3)11(2)8-19-23/h6-8H,9H2,1-5H3,(H,20,21,24). The van der Waals surface area contributed by atoms with Gasteiger partial charge in [0.15, 0.2) is 0 Å². The third-order valence-corrected chi connectivity index (χ3v) is 6.60. The molecule has 3 aromatic rings. The Morgan fingerprint density at radius 1 is 1.11 bits per heavy atom. The molecule has 0 saturated carbocycles. The van der Waals surface area contributed by atoms with Gasteiger partial charge in [-0.2, -0.15) is 5.10 Å². The minimum Gasteiger partial charge on any atom is -0.308 e. The second-order valence-corrected chi connectivity index (χ2v) is 8.97. The number of hydrogen-bond acceptors (Lipinski definition) is 6. The molecule has 0 unspecified atom stereocenters. The molecule has 2 aromatic heterocycles. The van der Waals surface area contributed by atoms with Gasteiger partial charge in [-0.1, -0.05) is 0 Å². The molecule has 2 heterocycles. The monoisotopic (exact) mass is 403 g/mol. The van der Waals surface area contributed by atoms with Gasteiger partial charge < -0.3 is 4.98 Å². The van der Waals surface area contributed by atoms with Crippen molar-refractivity contribution < 1.29 is 8.42 Å². The molecule has 0 atom stereocenters. The third kappa shape index (κ3) is 3.36. The van der Waals surface area contributed by atoms with E-state index in [0.717, 1.165) is 9.87 Å². The highest BCUT2D eigenvalue weighted by atomic mass is 32.2. The number of nitrogens with zero attached hydrogens (tertiary/aromatic N) is 4. The zero-order valence-electron chi connectivity index (χ0n) is 16.3. The molecule has 3 rings (SSSR count). The lowest BCUT2D eigenvalue weighted by atomic mass is 10.1. The van der Waals surface area contributed by atoms with E-state index in [4.69, 9.17) is 0 Å². The molecule has 0 aliphatic rings. The Morgan fingerprint density at radius 2 is 1.79 bits per heavy atom. The van der Waals surface area contributed by atoms with Crippen molar-refractivity contribution in [1.29, 1.82) is 0 Å². The molecule has 9 nitrogen and oxygen atoms in total. The largest absolute Gasteiger partial charge is 0.308 e. The first-order chi connectivity index (χ1) is 13.0. The molecule has 0 amide bonds. The Kier molecular flexibility index (Phi) is 4.94. The summed E-state index contributed by atoms with van der Waals surface area (Å²) in [4.78, 5) is 31.9. The van der Waals surface area contributed by atoms with E-state index in [-0.39, 0.29) is 33.7 Å². The van der Waals surface area contributed by atoms with E-state index in [1.807, 2.05) is 0 Å². The van der Waals surface area contributed by atoms with Crippen LogP contribution in [0.4, 0.5) is 0 Å². The molecule has 0 aliphatic heterocycles. The van der Waals surface area contributed by atoms with Crippen molar-refractivity contribution in [2.45, 2.75) is 32.2 Å². The van der Waals surface area contributed by atoms with Crippen LogP contribution in [-0.4, -0.2) is 46.6 Å². The topological polar surface area (TPSA) is 118 Å². The van der Waals surface area contributed by atoms with Crippen molar-refractivity contribution in [3.8, 4) is 0 Å². The fourth-order valence-corrected chi connectivity index (χ4v) is 3.91. The van der Waals surface area contributed by atoms with Gasteiger partial charge >= 0.3 is 0 Å². The zero-order valence-corrected chi connectivity index (χ0v) is 17.1. The lowest BCUT2D eigenvalue weighted by molar-refractivity contribution is 0.520. The van der Waals surface area contributed by atoms with Crippen molar-refractivity contribution in [3.05, 3.63) is 61.6 Å². The van der Waals surface area contributed by atoms with Crippen molar-refractivity contribution in [2.24, 2.45) is 0 Å². The summed E-state index contributed by atoms with van der Waals surface area (Å²) < 4.78 is 27.4.